The number of hydrogen-bond donors (Lipinski definition) is 2. The van der Waals surface area contributed by atoms with E-state index in [-0.39, 0.29) is 5.82 Å². The van der Waals surface area contributed by atoms with Gasteiger partial charge in [-0.3, -0.25) is 5.10 Å². The van der Waals surface area contributed by atoms with Crippen LogP contribution in [0.1, 0.15) is 11.6 Å². The van der Waals surface area contributed by atoms with Gasteiger partial charge in [0, 0.05) is 5.56 Å². The zero-order valence-corrected chi connectivity index (χ0v) is 10.9. The van der Waals surface area contributed by atoms with E-state index in [9.17, 15) is 4.39 Å². The number of aromatic nitrogens is 3. The van der Waals surface area contributed by atoms with E-state index in [0.717, 1.165) is 17.1 Å². The molecule has 2 N–H and O–H groups in total. The highest BCUT2D eigenvalue weighted by Gasteiger charge is 2.06. The van der Waals surface area contributed by atoms with Crippen LogP contribution in [0.3, 0.4) is 0 Å². The molecule has 5 nitrogen and oxygen atoms in total. The third-order valence-corrected chi connectivity index (χ3v) is 2.81. The van der Waals surface area contributed by atoms with Crippen LogP contribution in [0.15, 0.2) is 40.8 Å². The van der Waals surface area contributed by atoms with E-state index >= 15 is 0 Å². The van der Waals surface area contributed by atoms with Crippen LogP contribution >= 0.6 is 0 Å². The maximum atomic E-state index is 12.9. The molecule has 2 aromatic heterocycles. The Morgan fingerprint density at radius 3 is 2.70 bits per heavy atom. The maximum absolute atomic E-state index is 12.9. The van der Waals surface area contributed by atoms with Gasteiger partial charge in [0.15, 0.2) is 0 Å². The van der Waals surface area contributed by atoms with Gasteiger partial charge in [0.1, 0.15) is 23.2 Å². The second-order valence-corrected chi connectivity index (χ2v) is 4.37. The standard InChI is InChI=1S/C14H13FN4O/c1-9-17-14(19-18-9)16-8-12-6-7-13(20-12)10-2-4-11(15)5-3-10/h2-7H,8H2,1H3,(H2,16,17,18,19). The molecule has 0 aliphatic heterocycles. The summed E-state index contributed by atoms with van der Waals surface area (Å²) in [5.41, 5.74) is 0.839. The minimum absolute atomic E-state index is 0.262. The highest BCUT2D eigenvalue weighted by Crippen LogP contribution is 2.22. The van der Waals surface area contributed by atoms with Gasteiger partial charge in [0.25, 0.3) is 0 Å². The minimum atomic E-state index is -0.262. The number of benzene rings is 1. The fourth-order valence-corrected chi connectivity index (χ4v) is 1.83. The molecule has 0 aliphatic rings. The SMILES string of the molecule is Cc1nc(NCc2ccc(-c3ccc(F)cc3)o2)n[nH]1. The Labute approximate surface area is 114 Å². The van der Waals surface area contributed by atoms with E-state index in [1.165, 1.54) is 12.1 Å². The van der Waals surface area contributed by atoms with E-state index in [1.807, 2.05) is 19.1 Å². The van der Waals surface area contributed by atoms with Crippen LogP contribution in [0.5, 0.6) is 0 Å². The van der Waals surface area contributed by atoms with Crippen molar-refractivity contribution in [2.45, 2.75) is 13.5 Å². The number of rotatable bonds is 4. The van der Waals surface area contributed by atoms with Crippen LogP contribution in [0.2, 0.25) is 0 Å². The molecule has 0 saturated carbocycles. The average molecular weight is 272 g/mol. The maximum Gasteiger partial charge on any atom is 0.242 e. The molecule has 20 heavy (non-hydrogen) atoms. The fourth-order valence-electron chi connectivity index (χ4n) is 1.83. The first-order chi connectivity index (χ1) is 9.70. The lowest BCUT2D eigenvalue weighted by molar-refractivity contribution is 0.530. The summed E-state index contributed by atoms with van der Waals surface area (Å²) >= 11 is 0. The summed E-state index contributed by atoms with van der Waals surface area (Å²) in [5, 5.41) is 9.77. The molecular weight excluding hydrogens is 259 g/mol. The number of hydrogen-bond acceptors (Lipinski definition) is 4. The Morgan fingerprint density at radius 1 is 1.20 bits per heavy atom. The Morgan fingerprint density at radius 2 is 2.00 bits per heavy atom. The summed E-state index contributed by atoms with van der Waals surface area (Å²) in [6, 6.07) is 9.91. The van der Waals surface area contributed by atoms with Gasteiger partial charge in [0.2, 0.25) is 5.95 Å². The number of aryl methyl sites for hydroxylation is 1. The van der Waals surface area contributed by atoms with E-state index < -0.39 is 0 Å². The van der Waals surface area contributed by atoms with E-state index in [2.05, 4.69) is 20.5 Å². The molecule has 3 rings (SSSR count). The summed E-state index contributed by atoms with van der Waals surface area (Å²) in [7, 11) is 0. The molecule has 0 radical (unpaired) electrons. The largest absolute Gasteiger partial charge is 0.459 e. The van der Waals surface area contributed by atoms with Crippen LogP contribution < -0.4 is 5.32 Å². The molecule has 0 saturated heterocycles. The van der Waals surface area contributed by atoms with Crippen LogP contribution in [0.25, 0.3) is 11.3 Å². The summed E-state index contributed by atoms with van der Waals surface area (Å²) in [6.07, 6.45) is 0. The van der Waals surface area contributed by atoms with Crippen molar-refractivity contribution >= 4 is 5.95 Å². The zero-order valence-electron chi connectivity index (χ0n) is 10.9. The van der Waals surface area contributed by atoms with Gasteiger partial charge in [-0.15, -0.1) is 5.10 Å². The van der Waals surface area contributed by atoms with Crippen molar-refractivity contribution in [3.63, 3.8) is 0 Å². The molecule has 0 amide bonds. The Balaban J connectivity index is 1.69. The lowest BCUT2D eigenvalue weighted by Gasteiger charge is -1.99. The average Bonchev–Trinajstić information content (AvgIpc) is 3.06. The predicted molar refractivity (Wildman–Crippen MR) is 72.5 cm³/mol. The van der Waals surface area contributed by atoms with Crippen molar-refractivity contribution in [1.29, 1.82) is 0 Å². The van der Waals surface area contributed by atoms with Crippen molar-refractivity contribution < 1.29 is 8.81 Å². The van der Waals surface area contributed by atoms with Gasteiger partial charge in [-0.25, -0.2) is 4.39 Å². The lowest BCUT2D eigenvalue weighted by Crippen LogP contribution is -1.99. The van der Waals surface area contributed by atoms with Crippen molar-refractivity contribution in [1.82, 2.24) is 15.2 Å². The van der Waals surface area contributed by atoms with Crippen LogP contribution in [0.4, 0.5) is 10.3 Å². The van der Waals surface area contributed by atoms with Gasteiger partial charge < -0.3 is 9.73 Å². The number of halogens is 1. The summed E-state index contributed by atoms with van der Waals surface area (Å²) in [6.45, 7) is 2.32. The summed E-state index contributed by atoms with van der Waals surface area (Å²) in [5.74, 6) is 2.48. The first-order valence-electron chi connectivity index (χ1n) is 6.18. The van der Waals surface area contributed by atoms with E-state index in [1.54, 1.807) is 12.1 Å². The van der Waals surface area contributed by atoms with E-state index in [0.29, 0.717) is 18.3 Å². The Kier molecular flexibility index (Phi) is 3.20. The van der Waals surface area contributed by atoms with Gasteiger partial charge in [-0.1, -0.05) is 0 Å². The van der Waals surface area contributed by atoms with Gasteiger partial charge in [-0.05, 0) is 43.3 Å². The number of furan rings is 1. The monoisotopic (exact) mass is 272 g/mol. The summed E-state index contributed by atoms with van der Waals surface area (Å²) in [4.78, 5) is 4.14. The van der Waals surface area contributed by atoms with Crippen LogP contribution in [-0.4, -0.2) is 15.2 Å². The van der Waals surface area contributed by atoms with Crippen LogP contribution in [0, 0.1) is 12.7 Å². The second kappa shape index (κ2) is 5.16. The van der Waals surface area contributed by atoms with Crippen molar-refractivity contribution in [2.75, 3.05) is 5.32 Å². The smallest absolute Gasteiger partial charge is 0.242 e. The fraction of sp³-hybridized carbons (Fsp3) is 0.143. The number of nitrogens with zero attached hydrogens (tertiary/aromatic N) is 2. The molecule has 0 spiro atoms. The second-order valence-electron chi connectivity index (χ2n) is 4.37. The Bertz CT molecular complexity index is 702. The highest BCUT2D eigenvalue weighted by atomic mass is 19.1. The highest BCUT2D eigenvalue weighted by molar-refractivity contribution is 5.57. The topological polar surface area (TPSA) is 66.7 Å². The molecule has 0 bridgehead atoms. The van der Waals surface area contributed by atoms with Crippen molar-refractivity contribution in [3.05, 3.63) is 53.8 Å². The van der Waals surface area contributed by atoms with Crippen molar-refractivity contribution in [3.8, 4) is 11.3 Å². The number of H-pyrrole nitrogens is 1. The number of nitrogens with one attached hydrogen (secondary N) is 2. The molecule has 0 aliphatic carbocycles. The van der Waals surface area contributed by atoms with Gasteiger partial charge in [0.05, 0.1) is 6.54 Å². The van der Waals surface area contributed by atoms with E-state index in [4.69, 9.17) is 4.42 Å². The van der Waals surface area contributed by atoms with Gasteiger partial charge in [-0.2, -0.15) is 4.98 Å². The molecule has 2 heterocycles. The molecule has 0 atom stereocenters. The molecule has 1 aromatic carbocycles. The summed E-state index contributed by atoms with van der Waals surface area (Å²) < 4.78 is 18.5. The quantitative estimate of drug-likeness (QED) is 0.765. The first kappa shape index (κ1) is 12.4. The molecular formula is C14H13FN4O. The molecule has 102 valence electrons. The van der Waals surface area contributed by atoms with Crippen molar-refractivity contribution in [2.24, 2.45) is 0 Å². The predicted octanol–water partition coefficient (Wildman–Crippen LogP) is 3.12. The number of aromatic amines is 1. The third-order valence-electron chi connectivity index (χ3n) is 2.81. The van der Waals surface area contributed by atoms with Gasteiger partial charge >= 0.3 is 0 Å². The minimum Gasteiger partial charge on any atom is -0.459 e. The zero-order chi connectivity index (χ0) is 13.9. The molecule has 3 aromatic rings. The first-order valence-corrected chi connectivity index (χ1v) is 6.18. The molecule has 6 heteroatoms. The Hall–Kier alpha value is -2.63. The lowest BCUT2D eigenvalue weighted by atomic mass is 10.2. The molecule has 0 unspecified atom stereocenters. The number of anilines is 1. The molecule has 0 fully saturated rings. The third kappa shape index (κ3) is 2.69. The van der Waals surface area contributed by atoms with Crippen LogP contribution in [-0.2, 0) is 6.54 Å². The normalized spacial score (nSPS) is 10.7.